The third kappa shape index (κ3) is 3.90. The number of likely N-dealkylation sites (tertiary alicyclic amines) is 1. The van der Waals surface area contributed by atoms with Crippen molar-refractivity contribution in [3.05, 3.63) is 29.8 Å². The number of benzene rings is 1. The molecule has 94 valence electrons. The molecule has 1 unspecified atom stereocenters. The van der Waals surface area contributed by atoms with Gasteiger partial charge in [0.15, 0.2) is 0 Å². The second kappa shape index (κ2) is 6.27. The fourth-order valence-corrected chi connectivity index (χ4v) is 2.85. The maximum absolute atomic E-state index is 9.25. The van der Waals surface area contributed by atoms with Crippen LogP contribution in [-0.2, 0) is 6.54 Å². The number of piperidine rings is 1. The average Bonchev–Trinajstić information content (AvgIpc) is 2.33. The lowest BCUT2D eigenvalue weighted by Gasteiger charge is -2.32. The molecule has 0 amide bonds. The summed E-state index contributed by atoms with van der Waals surface area (Å²) in [6, 6.07) is 7.52. The smallest absolute Gasteiger partial charge is 0.115 e. The molecule has 17 heavy (non-hydrogen) atoms. The minimum Gasteiger partial charge on any atom is -0.508 e. The zero-order valence-electron chi connectivity index (χ0n) is 10.1. The van der Waals surface area contributed by atoms with Crippen molar-refractivity contribution in [2.45, 2.75) is 25.8 Å². The van der Waals surface area contributed by atoms with Gasteiger partial charge in [0.25, 0.3) is 0 Å². The predicted octanol–water partition coefficient (Wildman–Crippen LogP) is 3.23. The summed E-state index contributed by atoms with van der Waals surface area (Å²) in [7, 11) is 0. The van der Waals surface area contributed by atoms with E-state index in [-0.39, 0.29) is 0 Å². The molecule has 3 heteroatoms. The average molecular weight is 254 g/mol. The van der Waals surface area contributed by atoms with E-state index in [2.05, 4.69) is 4.90 Å². The molecule has 1 aliphatic heterocycles. The van der Waals surface area contributed by atoms with Crippen molar-refractivity contribution in [2.75, 3.05) is 19.0 Å². The minimum atomic E-state index is 0.340. The highest BCUT2D eigenvalue weighted by Crippen LogP contribution is 2.22. The topological polar surface area (TPSA) is 23.5 Å². The lowest BCUT2D eigenvalue weighted by molar-refractivity contribution is 0.165. The molecule has 0 radical (unpaired) electrons. The zero-order valence-corrected chi connectivity index (χ0v) is 10.9. The predicted molar refractivity (Wildman–Crippen MR) is 71.4 cm³/mol. The molecular formula is C14H20ClNO. The Morgan fingerprint density at radius 1 is 1.29 bits per heavy atom. The number of alkyl halides is 1. The third-order valence-corrected chi connectivity index (χ3v) is 3.68. The van der Waals surface area contributed by atoms with Crippen LogP contribution in [0.15, 0.2) is 24.3 Å². The Hall–Kier alpha value is -0.730. The highest BCUT2D eigenvalue weighted by Gasteiger charge is 2.19. The Labute approximate surface area is 108 Å². The number of hydrogen-bond donors (Lipinski definition) is 1. The molecule has 0 spiro atoms. The van der Waals surface area contributed by atoms with Crippen LogP contribution in [0.2, 0.25) is 0 Å². The van der Waals surface area contributed by atoms with Crippen LogP contribution in [0.25, 0.3) is 0 Å². The van der Waals surface area contributed by atoms with Gasteiger partial charge in [0.05, 0.1) is 0 Å². The fraction of sp³-hybridized carbons (Fsp3) is 0.571. The zero-order chi connectivity index (χ0) is 12.1. The van der Waals surface area contributed by atoms with Gasteiger partial charge in [-0.3, -0.25) is 4.90 Å². The Bertz CT molecular complexity index is 337. The van der Waals surface area contributed by atoms with E-state index < -0.39 is 0 Å². The van der Waals surface area contributed by atoms with Crippen LogP contribution in [0, 0.1) is 5.92 Å². The highest BCUT2D eigenvalue weighted by atomic mass is 35.5. The molecule has 1 aromatic carbocycles. The van der Waals surface area contributed by atoms with E-state index in [1.54, 1.807) is 12.1 Å². The SMILES string of the molecule is Oc1ccc(CN2CCCC(CCCl)C2)cc1. The number of halogens is 1. The Balaban J connectivity index is 1.87. The molecule has 2 rings (SSSR count). The molecule has 1 N–H and O–H groups in total. The van der Waals surface area contributed by atoms with Gasteiger partial charge in [-0.1, -0.05) is 12.1 Å². The van der Waals surface area contributed by atoms with Crippen molar-refractivity contribution in [3.8, 4) is 5.75 Å². The second-order valence-electron chi connectivity index (χ2n) is 4.89. The summed E-state index contributed by atoms with van der Waals surface area (Å²) in [5.74, 6) is 1.88. The van der Waals surface area contributed by atoms with Gasteiger partial charge in [-0.15, -0.1) is 11.6 Å². The molecule has 1 saturated heterocycles. The standard InChI is InChI=1S/C14H20ClNO/c15-8-7-12-2-1-9-16(10-12)11-13-3-5-14(17)6-4-13/h3-6,12,17H,1-2,7-11H2. The Kier molecular flexibility index (Phi) is 4.69. The lowest BCUT2D eigenvalue weighted by Crippen LogP contribution is -2.35. The molecule has 1 aliphatic rings. The summed E-state index contributed by atoms with van der Waals surface area (Å²) in [6.07, 6.45) is 3.73. The molecule has 1 atom stereocenters. The van der Waals surface area contributed by atoms with Gasteiger partial charge in [0, 0.05) is 19.0 Å². The van der Waals surface area contributed by atoms with Crippen molar-refractivity contribution < 1.29 is 5.11 Å². The lowest BCUT2D eigenvalue weighted by atomic mass is 9.95. The van der Waals surface area contributed by atoms with Crippen molar-refractivity contribution >= 4 is 11.6 Å². The first kappa shape index (κ1) is 12.7. The normalized spacial score (nSPS) is 21.6. The molecular weight excluding hydrogens is 234 g/mol. The first-order valence-corrected chi connectivity index (χ1v) is 6.87. The van der Waals surface area contributed by atoms with Crippen LogP contribution in [0.1, 0.15) is 24.8 Å². The monoisotopic (exact) mass is 253 g/mol. The van der Waals surface area contributed by atoms with Crippen LogP contribution in [-0.4, -0.2) is 29.0 Å². The summed E-state index contributed by atoms with van der Waals surface area (Å²) >= 11 is 5.81. The van der Waals surface area contributed by atoms with Crippen LogP contribution in [0.4, 0.5) is 0 Å². The van der Waals surface area contributed by atoms with Crippen LogP contribution < -0.4 is 0 Å². The number of aromatic hydroxyl groups is 1. The largest absolute Gasteiger partial charge is 0.508 e. The molecule has 0 bridgehead atoms. The summed E-state index contributed by atoms with van der Waals surface area (Å²) in [6.45, 7) is 3.33. The van der Waals surface area contributed by atoms with Gasteiger partial charge in [0.1, 0.15) is 5.75 Å². The van der Waals surface area contributed by atoms with Crippen molar-refractivity contribution in [3.63, 3.8) is 0 Å². The molecule has 2 nitrogen and oxygen atoms in total. The van der Waals surface area contributed by atoms with Crippen LogP contribution >= 0.6 is 11.6 Å². The Morgan fingerprint density at radius 2 is 2.06 bits per heavy atom. The molecule has 0 saturated carbocycles. The van der Waals surface area contributed by atoms with Gasteiger partial charge in [-0.2, -0.15) is 0 Å². The number of hydrogen-bond acceptors (Lipinski definition) is 2. The van der Waals surface area contributed by atoms with E-state index in [0.29, 0.717) is 5.75 Å². The van der Waals surface area contributed by atoms with Crippen molar-refractivity contribution in [1.82, 2.24) is 4.90 Å². The van der Waals surface area contributed by atoms with Crippen LogP contribution in [0.3, 0.4) is 0 Å². The fourth-order valence-electron chi connectivity index (χ4n) is 2.54. The van der Waals surface area contributed by atoms with Gasteiger partial charge in [-0.05, 0) is 49.4 Å². The summed E-state index contributed by atoms with van der Waals surface area (Å²) in [5.41, 5.74) is 1.27. The maximum atomic E-state index is 9.25. The molecule has 1 aromatic rings. The molecule has 1 heterocycles. The van der Waals surface area contributed by atoms with E-state index >= 15 is 0 Å². The van der Waals surface area contributed by atoms with Gasteiger partial charge < -0.3 is 5.11 Å². The minimum absolute atomic E-state index is 0.340. The number of phenols is 1. The molecule has 0 aromatic heterocycles. The van der Waals surface area contributed by atoms with E-state index in [9.17, 15) is 5.11 Å². The Morgan fingerprint density at radius 3 is 2.76 bits per heavy atom. The maximum Gasteiger partial charge on any atom is 0.115 e. The van der Waals surface area contributed by atoms with Crippen molar-refractivity contribution in [2.24, 2.45) is 5.92 Å². The third-order valence-electron chi connectivity index (χ3n) is 3.46. The quantitative estimate of drug-likeness (QED) is 0.833. The first-order chi connectivity index (χ1) is 8.28. The van der Waals surface area contributed by atoms with E-state index in [1.807, 2.05) is 12.1 Å². The van der Waals surface area contributed by atoms with Gasteiger partial charge in [0.2, 0.25) is 0 Å². The highest BCUT2D eigenvalue weighted by molar-refractivity contribution is 6.17. The molecule has 0 aliphatic carbocycles. The second-order valence-corrected chi connectivity index (χ2v) is 5.27. The number of rotatable bonds is 4. The van der Waals surface area contributed by atoms with E-state index in [0.717, 1.165) is 31.3 Å². The summed E-state index contributed by atoms with van der Waals surface area (Å²) in [4.78, 5) is 2.49. The van der Waals surface area contributed by atoms with Crippen LogP contribution in [0.5, 0.6) is 5.75 Å². The van der Waals surface area contributed by atoms with Gasteiger partial charge >= 0.3 is 0 Å². The van der Waals surface area contributed by atoms with E-state index in [4.69, 9.17) is 11.6 Å². The number of nitrogens with zero attached hydrogens (tertiary/aromatic N) is 1. The summed E-state index contributed by atoms with van der Waals surface area (Å²) in [5, 5.41) is 9.25. The molecule has 1 fully saturated rings. The van der Waals surface area contributed by atoms with Crippen molar-refractivity contribution in [1.29, 1.82) is 0 Å². The first-order valence-electron chi connectivity index (χ1n) is 6.34. The summed E-state index contributed by atoms with van der Waals surface area (Å²) < 4.78 is 0. The van der Waals surface area contributed by atoms with E-state index in [1.165, 1.54) is 24.9 Å². The number of phenolic OH excluding ortho intramolecular Hbond substituents is 1. The van der Waals surface area contributed by atoms with Gasteiger partial charge in [-0.25, -0.2) is 0 Å².